The van der Waals surface area contributed by atoms with E-state index < -0.39 is 5.25 Å². The van der Waals surface area contributed by atoms with Gasteiger partial charge in [-0.25, -0.2) is 0 Å². The van der Waals surface area contributed by atoms with Gasteiger partial charge in [-0.05, 0) is 43.2 Å². The number of benzene rings is 3. The fourth-order valence-electron chi connectivity index (χ4n) is 3.15. The molecule has 1 heterocycles. The van der Waals surface area contributed by atoms with Crippen LogP contribution in [0.2, 0.25) is 0 Å². The second kappa shape index (κ2) is 8.97. The molecule has 0 aliphatic heterocycles. The SMILES string of the molecule is Cc1ccc(NC(=O)C(Sc2nncn2-c2ccccc2C)c2ccccc2)cc1. The summed E-state index contributed by atoms with van der Waals surface area (Å²) < 4.78 is 1.93. The van der Waals surface area contributed by atoms with Crippen molar-refractivity contribution in [2.45, 2.75) is 24.3 Å². The highest BCUT2D eigenvalue weighted by atomic mass is 32.2. The zero-order chi connectivity index (χ0) is 20.9. The van der Waals surface area contributed by atoms with Crippen LogP contribution in [0.3, 0.4) is 0 Å². The van der Waals surface area contributed by atoms with Crippen LogP contribution in [0.25, 0.3) is 5.69 Å². The van der Waals surface area contributed by atoms with E-state index in [1.54, 1.807) is 6.33 Å². The van der Waals surface area contributed by atoms with Gasteiger partial charge in [0, 0.05) is 5.69 Å². The van der Waals surface area contributed by atoms with Gasteiger partial charge in [0.25, 0.3) is 0 Å². The van der Waals surface area contributed by atoms with E-state index in [9.17, 15) is 4.79 Å². The van der Waals surface area contributed by atoms with Gasteiger partial charge in [-0.1, -0.05) is 78.0 Å². The molecule has 0 saturated carbocycles. The minimum absolute atomic E-state index is 0.102. The summed E-state index contributed by atoms with van der Waals surface area (Å²) in [5, 5.41) is 11.6. The Morgan fingerprint density at radius 2 is 1.63 bits per heavy atom. The molecular weight excluding hydrogens is 392 g/mol. The van der Waals surface area contributed by atoms with E-state index in [0.717, 1.165) is 28.1 Å². The van der Waals surface area contributed by atoms with E-state index in [1.165, 1.54) is 11.8 Å². The number of hydrogen-bond donors (Lipinski definition) is 1. The Labute approximate surface area is 180 Å². The van der Waals surface area contributed by atoms with E-state index in [1.807, 2.05) is 97.3 Å². The molecular formula is C24H22N4OS. The molecule has 4 rings (SSSR count). The monoisotopic (exact) mass is 414 g/mol. The smallest absolute Gasteiger partial charge is 0.242 e. The number of rotatable bonds is 6. The van der Waals surface area contributed by atoms with Gasteiger partial charge in [-0.2, -0.15) is 0 Å². The average molecular weight is 415 g/mol. The van der Waals surface area contributed by atoms with Crippen LogP contribution in [-0.4, -0.2) is 20.7 Å². The van der Waals surface area contributed by atoms with Crippen molar-refractivity contribution in [1.29, 1.82) is 0 Å². The van der Waals surface area contributed by atoms with Gasteiger partial charge in [-0.3, -0.25) is 9.36 Å². The molecule has 6 heteroatoms. The maximum atomic E-state index is 13.2. The van der Waals surface area contributed by atoms with Gasteiger partial charge in [0.2, 0.25) is 5.91 Å². The molecule has 3 aromatic carbocycles. The molecule has 0 aliphatic rings. The number of amides is 1. The summed E-state index contributed by atoms with van der Waals surface area (Å²) in [7, 11) is 0. The Balaban J connectivity index is 1.65. The zero-order valence-corrected chi connectivity index (χ0v) is 17.6. The second-order valence-corrected chi connectivity index (χ2v) is 8.11. The summed E-state index contributed by atoms with van der Waals surface area (Å²) >= 11 is 1.39. The minimum atomic E-state index is -0.473. The summed E-state index contributed by atoms with van der Waals surface area (Å²) in [5.74, 6) is -0.102. The molecule has 1 amide bonds. The Morgan fingerprint density at radius 3 is 2.37 bits per heavy atom. The number of aromatic nitrogens is 3. The lowest BCUT2D eigenvalue weighted by molar-refractivity contribution is -0.115. The van der Waals surface area contributed by atoms with Crippen molar-refractivity contribution in [3.05, 3.63) is 102 Å². The Bertz CT molecular complexity index is 1140. The molecule has 0 aliphatic carbocycles. The first-order chi connectivity index (χ1) is 14.6. The van der Waals surface area contributed by atoms with Crippen molar-refractivity contribution in [3.8, 4) is 5.69 Å². The van der Waals surface area contributed by atoms with Crippen molar-refractivity contribution in [2.24, 2.45) is 0 Å². The quantitative estimate of drug-likeness (QED) is 0.432. The number of para-hydroxylation sites is 1. The normalized spacial score (nSPS) is 11.8. The van der Waals surface area contributed by atoms with Gasteiger partial charge in [0.15, 0.2) is 5.16 Å². The lowest BCUT2D eigenvalue weighted by atomic mass is 10.1. The Kier molecular flexibility index (Phi) is 5.95. The van der Waals surface area contributed by atoms with Crippen molar-refractivity contribution in [2.75, 3.05) is 5.32 Å². The topological polar surface area (TPSA) is 59.8 Å². The van der Waals surface area contributed by atoms with Gasteiger partial charge < -0.3 is 5.32 Å². The molecule has 4 aromatic rings. The fourth-order valence-corrected chi connectivity index (χ4v) is 4.18. The molecule has 5 nitrogen and oxygen atoms in total. The van der Waals surface area contributed by atoms with E-state index >= 15 is 0 Å². The standard InChI is InChI=1S/C24H22N4OS/c1-17-12-14-20(15-13-17)26-23(29)22(19-9-4-3-5-10-19)30-24-27-25-16-28(24)21-11-7-6-8-18(21)2/h3-16,22H,1-2H3,(H,26,29). The molecule has 30 heavy (non-hydrogen) atoms. The molecule has 1 unspecified atom stereocenters. The van der Waals surface area contributed by atoms with E-state index in [-0.39, 0.29) is 5.91 Å². The maximum Gasteiger partial charge on any atom is 0.242 e. The highest BCUT2D eigenvalue weighted by Gasteiger charge is 2.25. The number of hydrogen-bond acceptors (Lipinski definition) is 4. The molecule has 0 radical (unpaired) electrons. The van der Waals surface area contributed by atoms with Crippen LogP contribution < -0.4 is 5.32 Å². The van der Waals surface area contributed by atoms with Crippen LogP contribution in [0.15, 0.2) is 90.3 Å². The van der Waals surface area contributed by atoms with Crippen molar-refractivity contribution in [3.63, 3.8) is 0 Å². The summed E-state index contributed by atoms with van der Waals surface area (Å²) in [6, 6.07) is 25.6. The number of thioether (sulfide) groups is 1. The maximum absolute atomic E-state index is 13.2. The second-order valence-electron chi connectivity index (χ2n) is 7.03. The molecule has 0 bridgehead atoms. The van der Waals surface area contributed by atoms with Gasteiger partial charge in [-0.15, -0.1) is 10.2 Å². The fraction of sp³-hybridized carbons (Fsp3) is 0.125. The van der Waals surface area contributed by atoms with E-state index in [0.29, 0.717) is 5.16 Å². The number of aryl methyl sites for hydroxylation is 2. The molecule has 1 atom stereocenters. The van der Waals surface area contributed by atoms with E-state index in [2.05, 4.69) is 15.5 Å². The van der Waals surface area contributed by atoms with Gasteiger partial charge >= 0.3 is 0 Å². The third-order valence-electron chi connectivity index (χ3n) is 4.77. The number of nitrogens with zero attached hydrogens (tertiary/aromatic N) is 3. The summed E-state index contributed by atoms with van der Waals surface area (Å²) in [5.41, 5.74) is 4.93. The van der Waals surface area contributed by atoms with E-state index in [4.69, 9.17) is 0 Å². The number of anilines is 1. The summed E-state index contributed by atoms with van der Waals surface area (Å²) in [4.78, 5) is 13.2. The number of carbonyl (C=O) groups excluding carboxylic acids is 1. The first-order valence-electron chi connectivity index (χ1n) is 9.67. The van der Waals surface area contributed by atoms with Crippen LogP contribution >= 0.6 is 11.8 Å². The Morgan fingerprint density at radius 1 is 0.933 bits per heavy atom. The summed E-state index contributed by atoms with van der Waals surface area (Å²) in [6.45, 7) is 4.06. The number of nitrogens with one attached hydrogen (secondary N) is 1. The third kappa shape index (κ3) is 4.44. The van der Waals surface area contributed by atoms with Crippen molar-refractivity contribution >= 4 is 23.4 Å². The zero-order valence-electron chi connectivity index (χ0n) is 16.8. The van der Waals surface area contributed by atoms with Gasteiger partial charge in [0.1, 0.15) is 11.6 Å². The molecule has 0 fully saturated rings. The predicted molar refractivity (Wildman–Crippen MR) is 121 cm³/mol. The lowest BCUT2D eigenvalue weighted by Crippen LogP contribution is -2.19. The molecule has 0 spiro atoms. The molecule has 1 N–H and O–H groups in total. The predicted octanol–water partition coefficient (Wildman–Crippen LogP) is 5.36. The molecule has 0 saturated heterocycles. The van der Waals surface area contributed by atoms with Crippen molar-refractivity contribution in [1.82, 2.24) is 14.8 Å². The first kappa shape index (κ1) is 19.9. The number of carbonyl (C=O) groups is 1. The highest BCUT2D eigenvalue weighted by Crippen LogP contribution is 2.36. The minimum Gasteiger partial charge on any atom is -0.325 e. The van der Waals surface area contributed by atoms with Crippen LogP contribution in [-0.2, 0) is 4.79 Å². The molecule has 1 aromatic heterocycles. The first-order valence-corrected chi connectivity index (χ1v) is 10.5. The third-order valence-corrected chi connectivity index (χ3v) is 5.99. The largest absolute Gasteiger partial charge is 0.325 e. The van der Waals surface area contributed by atoms with Crippen LogP contribution in [0.1, 0.15) is 21.9 Å². The lowest BCUT2D eigenvalue weighted by Gasteiger charge is -2.17. The highest BCUT2D eigenvalue weighted by molar-refractivity contribution is 8.00. The Hall–Kier alpha value is -3.38. The molecule has 150 valence electrons. The summed E-state index contributed by atoms with van der Waals surface area (Å²) in [6.07, 6.45) is 1.69. The van der Waals surface area contributed by atoms with Crippen LogP contribution in [0, 0.1) is 13.8 Å². The average Bonchev–Trinajstić information content (AvgIpc) is 3.22. The van der Waals surface area contributed by atoms with Crippen LogP contribution in [0.5, 0.6) is 0 Å². The van der Waals surface area contributed by atoms with Crippen LogP contribution in [0.4, 0.5) is 5.69 Å². The van der Waals surface area contributed by atoms with Gasteiger partial charge in [0.05, 0.1) is 5.69 Å². The van der Waals surface area contributed by atoms with Crippen molar-refractivity contribution < 1.29 is 4.79 Å².